The van der Waals surface area contributed by atoms with Crippen LogP contribution in [0, 0.1) is 40.4 Å². The molecule has 0 bridgehead atoms. The number of aliphatic hydroxyl groups is 1. The van der Waals surface area contributed by atoms with Gasteiger partial charge in [-0.1, -0.05) is 57.4 Å². The van der Waals surface area contributed by atoms with Gasteiger partial charge in [0.2, 0.25) is 0 Å². The van der Waals surface area contributed by atoms with Gasteiger partial charge in [0.05, 0.1) is 5.60 Å². The Balaban J connectivity index is 1.55. The van der Waals surface area contributed by atoms with E-state index in [4.69, 9.17) is 0 Å². The van der Waals surface area contributed by atoms with Crippen LogP contribution in [0.5, 0.6) is 0 Å². The third-order valence-corrected chi connectivity index (χ3v) is 10.3. The van der Waals surface area contributed by atoms with E-state index in [1.54, 1.807) is 0 Å². The summed E-state index contributed by atoms with van der Waals surface area (Å²) in [6.07, 6.45) is 19.9. The van der Waals surface area contributed by atoms with Crippen LogP contribution >= 0.6 is 0 Å². The van der Waals surface area contributed by atoms with E-state index in [1.807, 2.05) is 0 Å². The number of allylic oxidation sites excluding steroid dienone is 4. The second kappa shape index (κ2) is 7.29. The molecule has 28 heavy (non-hydrogen) atoms. The number of rotatable bonds is 3. The second-order valence-electron chi connectivity index (χ2n) is 11.8. The zero-order chi connectivity index (χ0) is 20.2. The van der Waals surface area contributed by atoms with Crippen LogP contribution in [0.4, 0.5) is 0 Å². The molecular formula is C27H44O. The highest BCUT2D eigenvalue weighted by molar-refractivity contribution is 5.15. The summed E-state index contributed by atoms with van der Waals surface area (Å²) in [5, 5.41) is 11.6. The maximum Gasteiger partial charge on any atom is 0.0703 e. The van der Waals surface area contributed by atoms with Crippen molar-refractivity contribution in [3.05, 3.63) is 23.8 Å². The average molecular weight is 385 g/mol. The fourth-order valence-electron chi connectivity index (χ4n) is 8.72. The highest BCUT2D eigenvalue weighted by atomic mass is 16.3. The second-order valence-corrected chi connectivity index (χ2v) is 11.8. The Hall–Kier alpha value is -0.560. The van der Waals surface area contributed by atoms with Crippen molar-refractivity contribution in [3.63, 3.8) is 0 Å². The lowest BCUT2D eigenvalue weighted by Crippen LogP contribution is -2.61. The van der Waals surface area contributed by atoms with Gasteiger partial charge in [0.1, 0.15) is 0 Å². The summed E-state index contributed by atoms with van der Waals surface area (Å²) in [6, 6.07) is 0. The van der Waals surface area contributed by atoms with Gasteiger partial charge in [0.15, 0.2) is 0 Å². The lowest BCUT2D eigenvalue weighted by atomic mass is 9.43. The van der Waals surface area contributed by atoms with Crippen LogP contribution in [0.1, 0.15) is 98.8 Å². The molecule has 0 heterocycles. The molecule has 0 saturated heterocycles. The van der Waals surface area contributed by atoms with Crippen molar-refractivity contribution in [1.82, 2.24) is 0 Å². The van der Waals surface area contributed by atoms with Gasteiger partial charge in [0, 0.05) is 0 Å². The first-order valence-corrected chi connectivity index (χ1v) is 12.3. The molecule has 8 atom stereocenters. The van der Waals surface area contributed by atoms with Crippen LogP contribution in [-0.4, -0.2) is 10.7 Å². The Bertz CT molecular complexity index is 643. The Kier molecular flexibility index (Phi) is 5.39. The Morgan fingerprint density at radius 1 is 0.929 bits per heavy atom. The summed E-state index contributed by atoms with van der Waals surface area (Å²) < 4.78 is 0. The van der Waals surface area contributed by atoms with Gasteiger partial charge >= 0.3 is 0 Å². The van der Waals surface area contributed by atoms with Crippen molar-refractivity contribution in [2.24, 2.45) is 40.4 Å². The zero-order valence-corrected chi connectivity index (χ0v) is 19.1. The molecule has 1 heteroatoms. The molecule has 0 spiro atoms. The van der Waals surface area contributed by atoms with Gasteiger partial charge < -0.3 is 5.11 Å². The van der Waals surface area contributed by atoms with Gasteiger partial charge in [0.25, 0.3) is 0 Å². The van der Waals surface area contributed by atoms with Crippen LogP contribution < -0.4 is 0 Å². The minimum absolute atomic E-state index is 0.183. The Morgan fingerprint density at radius 3 is 2.43 bits per heavy atom. The Morgan fingerprint density at radius 2 is 1.68 bits per heavy atom. The van der Waals surface area contributed by atoms with E-state index in [0.717, 1.165) is 36.5 Å². The molecule has 4 fully saturated rings. The summed E-state index contributed by atoms with van der Waals surface area (Å²) in [4.78, 5) is 0. The lowest BCUT2D eigenvalue weighted by molar-refractivity contribution is -0.205. The molecule has 0 amide bonds. The topological polar surface area (TPSA) is 20.2 Å². The van der Waals surface area contributed by atoms with Crippen molar-refractivity contribution in [2.45, 2.75) is 104 Å². The highest BCUT2D eigenvalue weighted by Crippen LogP contribution is 2.69. The first-order valence-electron chi connectivity index (χ1n) is 12.3. The molecule has 1 nitrogen and oxygen atoms in total. The van der Waals surface area contributed by atoms with Crippen molar-refractivity contribution >= 4 is 0 Å². The minimum atomic E-state index is -0.363. The predicted molar refractivity (Wildman–Crippen MR) is 119 cm³/mol. The van der Waals surface area contributed by atoms with Gasteiger partial charge in [-0.3, -0.25) is 0 Å². The smallest absolute Gasteiger partial charge is 0.0703 e. The molecule has 4 saturated carbocycles. The van der Waals surface area contributed by atoms with Gasteiger partial charge in [-0.25, -0.2) is 0 Å². The fraction of sp³-hybridized carbons (Fsp3) is 0.852. The van der Waals surface area contributed by atoms with Crippen molar-refractivity contribution in [2.75, 3.05) is 0 Å². The summed E-state index contributed by atoms with van der Waals surface area (Å²) in [6.45, 7) is 11.9. The third kappa shape index (κ3) is 3.06. The lowest BCUT2D eigenvalue weighted by Gasteiger charge is -2.63. The minimum Gasteiger partial charge on any atom is -0.389 e. The number of hydrogen-bond acceptors (Lipinski definition) is 1. The largest absolute Gasteiger partial charge is 0.389 e. The third-order valence-electron chi connectivity index (χ3n) is 10.3. The highest BCUT2D eigenvalue weighted by Gasteiger charge is 2.63. The average Bonchev–Trinajstić information content (AvgIpc) is 2.99. The van der Waals surface area contributed by atoms with Crippen LogP contribution in [-0.2, 0) is 0 Å². The monoisotopic (exact) mass is 384 g/mol. The molecule has 4 rings (SSSR count). The molecule has 1 N–H and O–H groups in total. The van der Waals surface area contributed by atoms with E-state index < -0.39 is 0 Å². The van der Waals surface area contributed by atoms with Gasteiger partial charge in [-0.15, -0.1) is 0 Å². The number of hydrogen-bond donors (Lipinski definition) is 1. The van der Waals surface area contributed by atoms with Crippen LogP contribution in [0.15, 0.2) is 23.8 Å². The van der Waals surface area contributed by atoms with Gasteiger partial charge in [-0.05, 0) is 106 Å². The molecule has 0 radical (unpaired) electrons. The normalized spacial score (nSPS) is 49.2. The zero-order valence-electron chi connectivity index (χ0n) is 19.1. The first kappa shape index (κ1) is 20.7. The standard InChI is InChI=1S/C27H44O/c1-19(2)9-8-10-20(3)22-11-12-23-21-13-18-27(28)16-7-6-15-26(27,5)24(21)14-17-25(22,23)4/h8-10,20-24,28H,6-7,11-18H2,1-5H3/t20-,21+,22-,23+,24+,25-,26-,27?/m1/s1. The Labute approximate surface area is 174 Å². The van der Waals surface area contributed by atoms with E-state index in [-0.39, 0.29) is 11.0 Å². The fourth-order valence-corrected chi connectivity index (χ4v) is 8.72. The molecule has 1 unspecified atom stereocenters. The van der Waals surface area contributed by atoms with Crippen molar-refractivity contribution < 1.29 is 5.11 Å². The van der Waals surface area contributed by atoms with Gasteiger partial charge in [-0.2, -0.15) is 0 Å². The molecule has 158 valence electrons. The predicted octanol–water partition coefficient (Wildman–Crippen LogP) is 7.31. The van der Waals surface area contributed by atoms with Crippen LogP contribution in [0.3, 0.4) is 0 Å². The number of fused-ring (bicyclic) bond motifs is 5. The summed E-state index contributed by atoms with van der Waals surface area (Å²) in [5.74, 6) is 4.02. The van der Waals surface area contributed by atoms with Crippen LogP contribution in [0.25, 0.3) is 0 Å². The first-order chi connectivity index (χ1) is 13.2. The van der Waals surface area contributed by atoms with E-state index in [1.165, 1.54) is 56.9 Å². The molecule has 0 aliphatic heterocycles. The molecule has 0 aromatic rings. The SMILES string of the molecule is CC(C)=CC=C[C@@H](C)[C@H]1CC[C@H]2[C@@H]3CCC4(O)CCCC[C@]4(C)[C@H]3CC[C@]12C. The molecule has 4 aliphatic carbocycles. The maximum atomic E-state index is 11.6. The van der Waals surface area contributed by atoms with Crippen LogP contribution in [0.2, 0.25) is 0 Å². The summed E-state index contributed by atoms with van der Waals surface area (Å²) in [5.41, 5.74) is 1.71. The van der Waals surface area contributed by atoms with E-state index in [0.29, 0.717) is 11.3 Å². The molecular weight excluding hydrogens is 340 g/mol. The van der Waals surface area contributed by atoms with Crippen molar-refractivity contribution in [1.29, 1.82) is 0 Å². The molecule has 4 aliphatic rings. The summed E-state index contributed by atoms with van der Waals surface area (Å²) >= 11 is 0. The van der Waals surface area contributed by atoms with Crippen molar-refractivity contribution in [3.8, 4) is 0 Å². The maximum absolute atomic E-state index is 11.6. The van der Waals surface area contributed by atoms with E-state index in [9.17, 15) is 5.11 Å². The molecule has 0 aromatic carbocycles. The quantitative estimate of drug-likeness (QED) is 0.506. The van der Waals surface area contributed by atoms with E-state index >= 15 is 0 Å². The van der Waals surface area contributed by atoms with E-state index in [2.05, 4.69) is 52.8 Å². The molecule has 0 aromatic heterocycles. The summed E-state index contributed by atoms with van der Waals surface area (Å²) in [7, 11) is 0.